The summed E-state index contributed by atoms with van der Waals surface area (Å²) in [5.74, 6) is 0.424. The van der Waals surface area contributed by atoms with Crippen molar-refractivity contribution in [3.05, 3.63) is 64.5 Å². The first-order valence-electron chi connectivity index (χ1n) is 8.29. The minimum absolute atomic E-state index is 0.323. The monoisotopic (exact) mass is 368 g/mol. The van der Waals surface area contributed by atoms with Crippen LogP contribution in [-0.4, -0.2) is 17.6 Å². The number of nitrogen functional groups attached to an aromatic ring is 1. The van der Waals surface area contributed by atoms with Gasteiger partial charge in [-0.2, -0.15) is 0 Å². The van der Waals surface area contributed by atoms with Crippen LogP contribution in [0.15, 0.2) is 48.5 Å². The second-order valence-electron chi connectivity index (χ2n) is 5.69. The minimum Gasteiger partial charge on any atom is -0.489 e. The van der Waals surface area contributed by atoms with E-state index >= 15 is 0 Å². The van der Waals surface area contributed by atoms with Crippen molar-refractivity contribution in [1.82, 2.24) is 4.98 Å². The first kappa shape index (κ1) is 17.9. The molecule has 0 aliphatic heterocycles. The van der Waals surface area contributed by atoms with Gasteiger partial charge in [-0.3, -0.25) is 0 Å². The van der Waals surface area contributed by atoms with Gasteiger partial charge in [-0.05, 0) is 55.8 Å². The molecule has 0 saturated carbocycles. The van der Waals surface area contributed by atoms with E-state index in [9.17, 15) is 4.79 Å². The van der Waals surface area contributed by atoms with Gasteiger partial charge in [0.1, 0.15) is 12.4 Å². The van der Waals surface area contributed by atoms with Gasteiger partial charge in [0.15, 0.2) is 5.13 Å². The summed E-state index contributed by atoms with van der Waals surface area (Å²) >= 11 is 1.48. The lowest BCUT2D eigenvalue weighted by atomic mass is 10.1. The van der Waals surface area contributed by atoms with Gasteiger partial charge >= 0.3 is 5.97 Å². The number of carbonyl (C=O) groups excluding carboxylic acids is 1. The summed E-state index contributed by atoms with van der Waals surface area (Å²) in [5, 5.41) is 0.569. The summed E-state index contributed by atoms with van der Waals surface area (Å²) in [6, 6.07) is 15.0. The van der Waals surface area contributed by atoms with Crippen molar-refractivity contribution in [2.75, 3.05) is 12.3 Å². The molecule has 0 saturated heterocycles. The molecule has 3 rings (SSSR count). The number of nitrogens with two attached hydrogens (primary N) is 1. The molecule has 0 bridgehead atoms. The van der Waals surface area contributed by atoms with Crippen LogP contribution in [0.3, 0.4) is 0 Å². The number of benzene rings is 2. The van der Waals surface area contributed by atoms with Crippen molar-refractivity contribution < 1.29 is 14.3 Å². The lowest BCUT2D eigenvalue weighted by Crippen LogP contribution is -2.05. The largest absolute Gasteiger partial charge is 0.489 e. The maximum atomic E-state index is 11.8. The quantitative estimate of drug-likeness (QED) is 0.650. The molecule has 3 aromatic rings. The molecule has 0 fully saturated rings. The van der Waals surface area contributed by atoms with Crippen LogP contribution in [0.1, 0.15) is 27.7 Å². The van der Waals surface area contributed by atoms with Crippen LogP contribution in [0.2, 0.25) is 0 Å². The molecule has 0 unspecified atom stereocenters. The smallest absolute Gasteiger partial charge is 0.338 e. The van der Waals surface area contributed by atoms with Crippen LogP contribution in [0, 0.1) is 6.92 Å². The highest BCUT2D eigenvalue weighted by Crippen LogP contribution is 2.29. The maximum absolute atomic E-state index is 11.8. The van der Waals surface area contributed by atoms with Crippen molar-refractivity contribution in [2.24, 2.45) is 0 Å². The number of anilines is 1. The topological polar surface area (TPSA) is 74.4 Å². The zero-order valence-electron chi connectivity index (χ0n) is 14.7. The molecule has 134 valence electrons. The van der Waals surface area contributed by atoms with Crippen molar-refractivity contribution in [3.8, 4) is 17.0 Å². The third-order valence-electron chi connectivity index (χ3n) is 3.78. The Morgan fingerprint density at radius 3 is 2.62 bits per heavy atom. The van der Waals surface area contributed by atoms with Crippen LogP contribution < -0.4 is 10.5 Å². The van der Waals surface area contributed by atoms with Crippen molar-refractivity contribution in [2.45, 2.75) is 20.5 Å². The zero-order chi connectivity index (χ0) is 18.5. The number of rotatable bonds is 6. The highest BCUT2D eigenvalue weighted by atomic mass is 32.1. The van der Waals surface area contributed by atoms with Gasteiger partial charge in [-0.25, -0.2) is 9.78 Å². The van der Waals surface area contributed by atoms with Gasteiger partial charge in [0, 0.05) is 10.4 Å². The Bertz CT molecular complexity index is 904. The number of aryl methyl sites for hydroxylation is 1. The van der Waals surface area contributed by atoms with Crippen LogP contribution in [0.25, 0.3) is 11.3 Å². The van der Waals surface area contributed by atoms with E-state index in [0.29, 0.717) is 23.9 Å². The Hall–Kier alpha value is -2.86. The van der Waals surface area contributed by atoms with Crippen LogP contribution in [0.4, 0.5) is 5.13 Å². The molecule has 6 heteroatoms. The molecular formula is C20H20N2O3S. The Labute approximate surface area is 156 Å². The van der Waals surface area contributed by atoms with E-state index in [0.717, 1.165) is 27.4 Å². The molecule has 0 amide bonds. The van der Waals surface area contributed by atoms with Crippen molar-refractivity contribution >= 4 is 22.4 Å². The highest BCUT2D eigenvalue weighted by Gasteiger charge is 2.09. The van der Waals surface area contributed by atoms with Gasteiger partial charge in [-0.1, -0.05) is 12.1 Å². The van der Waals surface area contributed by atoms with Gasteiger partial charge in [0.25, 0.3) is 0 Å². The molecule has 0 spiro atoms. The Balaban J connectivity index is 1.66. The lowest BCUT2D eigenvalue weighted by Gasteiger charge is -2.08. The number of hydrogen-bond acceptors (Lipinski definition) is 6. The van der Waals surface area contributed by atoms with Crippen molar-refractivity contribution in [3.63, 3.8) is 0 Å². The number of aromatic nitrogens is 1. The molecule has 1 heterocycles. The summed E-state index contributed by atoms with van der Waals surface area (Å²) in [7, 11) is 0. The fourth-order valence-corrected chi connectivity index (χ4v) is 3.27. The molecule has 5 nitrogen and oxygen atoms in total. The fraction of sp³-hybridized carbons (Fsp3) is 0.200. The number of carbonyl (C=O) groups is 1. The fourth-order valence-electron chi connectivity index (χ4n) is 2.56. The predicted molar refractivity (Wildman–Crippen MR) is 103 cm³/mol. The molecule has 0 atom stereocenters. The molecular weight excluding hydrogens is 348 g/mol. The molecule has 0 aliphatic rings. The number of ether oxygens (including phenoxy) is 2. The van der Waals surface area contributed by atoms with Gasteiger partial charge < -0.3 is 15.2 Å². The maximum Gasteiger partial charge on any atom is 0.338 e. The Morgan fingerprint density at radius 1 is 1.19 bits per heavy atom. The lowest BCUT2D eigenvalue weighted by molar-refractivity contribution is 0.0526. The van der Waals surface area contributed by atoms with E-state index in [1.807, 2.05) is 43.3 Å². The van der Waals surface area contributed by atoms with Crippen LogP contribution >= 0.6 is 11.3 Å². The summed E-state index contributed by atoms with van der Waals surface area (Å²) < 4.78 is 10.8. The van der Waals surface area contributed by atoms with Gasteiger partial charge in [0.2, 0.25) is 0 Å². The second-order valence-corrected chi connectivity index (χ2v) is 6.93. The SMILES string of the molecule is CCOC(=O)c1cccc(COc2ccc(-c3nc(N)sc3C)cc2)c1. The first-order chi connectivity index (χ1) is 12.6. The Kier molecular flexibility index (Phi) is 5.53. The summed E-state index contributed by atoms with van der Waals surface area (Å²) in [6.07, 6.45) is 0. The molecule has 26 heavy (non-hydrogen) atoms. The summed E-state index contributed by atoms with van der Waals surface area (Å²) in [5.41, 5.74) is 9.10. The number of esters is 1. The van der Waals surface area contributed by atoms with Crippen LogP contribution in [0.5, 0.6) is 5.75 Å². The van der Waals surface area contributed by atoms with Crippen LogP contribution in [-0.2, 0) is 11.3 Å². The van der Waals surface area contributed by atoms with E-state index in [4.69, 9.17) is 15.2 Å². The standard InChI is InChI=1S/C20H20N2O3S/c1-3-24-19(23)16-6-4-5-14(11-16)12-25-17-9-7-15(8-10-17)18-13(2)26-20(21)22-18/h4-11H,3,12H2,1-2H3,(H2,21,22). The van der Waals surface area contributed by atoms with E-state index in [2.05, 4.69) is 4.98 Å². The van der Waals surface area contributed by atoms with E-state index in [1.54, 1.807) is 19.1 Å². The predicted octanol–water partition coefficient (Wildman–Crippen LogP) is 4.46. The average molecular weight is 368 g/mol. The molecule has 0 aliphatic carbocycles. The average Bonchev–Trinajstić information content (AvgIpc) is 2.99. The second kappa shape index (κ2) is 8.01. The van der Waals surface area contributed by atoms with E-state index in [1.165, 1.54) is 11.3 Å². The number of thiazole rings is 1. The molecule has 0 radical (unpaired) electrons. The zero-order valence-corrected chi connectivity index (χ0v) is 15.5. The summed E-state index contributed by atoms with van der Waals surface area (Å²) in [6.45, 7) is 4.52. The number of hydrogen-bond donors (Lipinski definition) is 1. The van der Waals surface area contributed by atoms with Crippen molar-refractivity contribution in [1.29, 1.82) is 0 Å². The third kappa shape index (κ3) is 4.21. The number of nitrogens with zero attached hydrogens (tertiary/aromatic N) is 1. The molecule has 1 aromatic heterocycles. The molecule has 2 aromatic carbocycles. The highest BCUT2D eigenvalue weighted by molar-refractivity contribution is 7.15. The third-order valence-corrected chi connectivity index (χ3v) is 4.58. The molecule has 2 N–H and O–H groups in total. The van der Waals surface area contributed by atoms with Gasteiger partial charge in [-0.15, -0.1) is 11.3 Å². The Morgan fingerprint density at radius 2 is 1.96 bits per heavy atom. The van der Waals surface area contributed by atoms with E-state index < -0.39 is 0 Å². The normalized spacial score (nSPS) is 10.5. The van der Waals surface area contributed by atoms with E-state index in [-0.39, 0.29) is 5.97 Å². The van der Waals surface area contributed by atoms with Gasteiger partial charge in [0.05, 0.1) is 17.9 Å². The minimum atomic E-state index is -0.323. The summed E-state index contributed by atoms with van der Waals surface area (Å²) in [4.78, 5) is 17.2. The first-order valence-corrected chi connectivity index (χ1v) is 9.10.